The Kier molecular flexibility index (Phi) is 4.66. The molecule has 2 aromatic heterocycles. The molecule has 8 heteroatoms. The van der Waals surface area contributed by atoms with E-state index in [-0.39, 0.29) is 18.2 Å². The highest BCUT2D eigenvalue weighted by atomic mass is 16.5. The Balaban J connectivity index is 1.40. The van der Waals surface area contributed by atoms with Gasteiger partial charge in [-0.15, -0.1) is 0 Å². The summed E-state index contributed by atoms with van der Waals surface area (Å²) >= 11 is 0. The number of carbonyl (C=O) groups is 1. The molecule has 1 N–H and O–H groups in total. The maximum absolute atomic E-state index is 12.8. The summed E-state index contributed by atoms with van der Waals surface area (Å²) in [6.45, 7) is 4.61. The Hall–Kier alpha value is -4.07. The fraction of sp³-hybridized carbons (Fsp3) is 0.174. The van der Waals surface area contributed by atoms with E-state index in [1.807, 2.05) is 56.3 Å². The number of hydrogen-bond acceptors (Lipinski definition) is 7. The minimum atomic E-state index is -0.467. The fourth-order valence-corrected chi connectivity index (χ4v) is 3.52. The lowest BCUT2D eigenvalue weighted by Crippen LogP contribution is -2.16. The summed E-state index contributed by atoms with van der Waals surface area (Å²) < 4.78 is 22.2. The molecule has 0 saturated heterocycles. The molecule has 0 bridgehead atoms. The highest BCUT2D eigenvalue weighted by Crippen LogP contribution is 2.39. The van der Waals surface area contributed by atoms with Crippen LogP contribution in [0.15, 0.2) is 57.6 Å². The van der Waals surface area contributed by atoms with Gasteiger partial charge in [0.15, 0.2) is 11.5 Å². The first kappa shape index (κ1) is 18.9. The molecule has 0 atom stereocenters. The van der Waals surface area contributed by atoms with Crippen LogP contribution in [-0.4, -0.2) is 22.8 Å². The average molecular weight is 417 g/mol. The third-order valence-electron chi connectivity index (χ3n) is 4.96. The number of nitrogens with zero attached hydrogens (tertiary/aromatic N) is 2. The normalized spacial score (nSPS) is 11.9. The van der Waals surface area contributed by atoms with Gasteiger partial charge in [-0.1, -0.05) is 34.1 Å². The van der Waals surface area contributed by atoms with Crippen molar-refractivity contribution in [2.24, 2.45) is 0 Å². The maximum atomic E-state index is 12.8. The number of carbonyl (C=O) groups excluding carboxylic acids is 1. The molecule has 0 saturated carbocycles. The average Bonchev–Trinajstić information content (AvgIpc) is 3.41. The molecule has 1 aliphatic heterocycles. The Morgan fingerprint density at radius 2 is 1.97 bits per heavy atom. The second-order valence-corrected chi connectivity index (χ2v) is 7.09. The minimum absolute atomic E-state index is 0.148. The van der Waals surface area contributed by atoms with Crippen LogP contribution in [0.2, 0.25) is 0 Å². The molecular formula is C23H19N3O5. The molecule has 0 spiro atoms. The van der Waals surface area contributed by atoms with E-state index in [1.54, 1.807) is 6.07 Å². The molecule has 1 amide bonds. The van der Waals surface area contributed by atoms with Gasteiger partial charge in [0.1, 0.15) is 23.8 Å². The van der Waals surface area contributed by atoms with E-state index < -0.39 is 5.91 Å². The van der Waals surface area contributed by atoms with Crippen LogP contribution in [0.3, 0.4) is 0 Å². The standard InChI is InChI=1S/C23H19N3O5/c1-3-28-18-7-5-4-6-14(18)17-11-20(30-25-17)24-23(27)21-16-12-29-19-9-8-13(2)10-15(19)22(16)31-26-21/h4-11H,3,12H2,1-2H3,(H,24,27). The molecule has 0 unspecified atom stereocenters. The van der Waals surface area contributed by atoms with E-state index in [9.17, 15) is 4.79 Å². The molecule has 0 fully saturated rings. The van der Waals surface area contributed by atoms with Crippen molar-refractivity contribution in [2.45, 2.75) is 20.5 Å². The number of aromatic nitrogens is 2. The summed E-state index contributed by atoms with van der Waals surface area (Å²) in [5.41, 5.74) is 3.90. The summed E-state index contributed by atoms with van der Waals surface area (Å²) in [5.74, 6) is 1.66. The van der Waals surface area contributed by atoms with Crippen molar-refractivity contribution in [3.63, 3.8) is 0 Å². The highest BCUT2D eigenvalue weighted by Gasteiger charge is 2.29. The van der Waals surface area contributed by atoms with Gasteiger partial charge in [0, 0.05) is 11.6 Å². The first-order chi connectivity index (χ1) is 15.1. The smallest absolute Gasteiger partial charge is 0.280 e. The molecule has 3 heterocycles. The van der Waals surface area contributed by atoms with Gasteiger partial charge in [0.2, 0.25) is 5.88 Å². The third kappa shape index (κ3) is 3.42. The van der Waals surface area contributed by atoms with Crippen molar-refractivity contribution in [3.8, 4) is 34.1 Å². The lowest BCUT2D eigenvalue weighted by molar-refractivity contribution is 0.101. The monoisotopic (exact) mass is 417 g/mol. The van der Waals surface area contributed by atoms with Crippen LogP contribution in [0.5, 0.6) is 11.5 Å². The van der Waals surface area contributed by atoms with Crippen LogP contribution in [0, 0.1) is 6.92 Å². The number of rotatable bonds is 5. The minimum Gasteiger partial charge on any atom is -0.493 e. The Morgan fingerprint density at radius 3 is 2.84 bits per heavy atom. The molecule has 8 nitrogen and oxygen atoms in total. The van der Waals surface area contributed by atoms with Gasteiger partial charge in [-0.25, -0.2) is 0 Å². The lowest BCUT2D eigenvalue weighted by atomic mass is 10.0. The first-order valence-electron chi connectivity index (χ1n) is 9.86. The summed E-state index contributed by atoms with van der Waals surface area (Å²) in [6.07, 6.45) is 0. The van der Waals surface area contributed by atoms with Gasteiger partial charge in [-0.2, -0.15) is 0 Å². The number of ether oxygens (including phenoxy) is 2. The van der Waals surface area contributed by atoms with Crippen molar-refractivity contribution >= 4 is 11.8 Å². The lowest BCUT2D eigenvalue weighted by Gasteiger charge is -2.16. The van der Waals surface area contributed by atoms with E-state index in [4.69, 9.17) is 18.5 Å². The second kappa shape index (κ2) is 7.64. The first-order valence-corrected chi connectivity index (χ1v) is 9.86. The zero-order valence-electron chi connectivity index (χ0n) is 17.0. The zero-order valence-corrected chi connectivity index (χ0v) is 17.0. The van der Waals surface area contributed by atoms with Crippen molar-refractivity contribution in [1.29, 1.82) is 0 Å². The topological polar surface area (TPSA) is 99.6 Å². The van der Waals surface area contributed by atoms with Crippen LogP contribution in [0.4, 0.5) is 5.88 Å². The fourth-order valence-electron chi connectivity index (χ4n) is 3.52. The largest absolute Gasteiger partial charge is 0.493 e. The molecule has 156 valence electrons. The Labute approximate surface area is 177 Å². The summed E-state index contributed by atoms with van der Waals surface area (Å²) in [4.78, 5) is 12.8. The van der Waals surface area contributed by atoms with Gasteiger partial charge in [0.25, 0.3) is 5.91 Å². The number of aryl methyl sites for hydroxylation is 1. The predicted octanol–water partition coefficient (Wildman–Crippen LogP) is 4.85. The number of fused-ring (bicyclic) bond motifs is 3. The van der Waals surface area contributed by atoms with Gasteiger partial charge in [0.05, 0.1) is 17.7 Å². The third-order valence-corrected chi connectivity index (χ3v) is 4.96. The number of hydrogen-bond donors (Lipinski definition) is 1. The van der Waals surface area contributed by atoms with Crippen molar-refractivity contribution in [3.05, 3.63) is 65.4 Å². The van der Waals surface area contributed by atoms with Crippen LogP contribution in [0.1, 0.15) is 28.5 Å². The summed E-state index contributed by atoms with van der Waals surface area (Å²) in [6, 6.07) is 14.9. The molecule has 4 aromatic rings. The molecule has 1 aliphatic rings. The maximum Gasteiger partial charge on any atom is 0.280 e. The van der Waals surface area contributed by atoms with Crippen LogP contribution >= 0.6 is 0 Å². The summed E-state index contributed by atoms with van der Waals surface area (Å²) in [5, 5.41) is 10.7. The SMILES string of the molecule is CCOc1ccccc1-c1cc(NC(=O)c2noc3c2COc2ccc(C)cc2-3)on1. The van der Waals surface area contributed by atoms with E-state index in [0.717, 1.165) is 16.7 Å². The van der Waals surface area contributed by atoms with Gasteiger partial charge < -0.3 is 18.5 Å². The van der Waals surface area contributed by atoms with E-state index in [2.05, 4.69) is 15.6 Å². The van der Waals surface area contributed by atoms with Gasteiger partial charge in [-0.3, -0.25) is 10.1 Å². The quantitative estimate of drug-likeness (QED) is 0.495. The van der Waals surface area contributed by atoms with Crippen molar-refractivity contribution < 1.29 is 23.3 Å². The molecule has 5 rings (SSSR count). The van der Waals surface area contributed by atoms with Crippen LogP contribution < -0.4 is 14.8 Å². The molecule has 0 aliphatic carbocycles. The van der Waals surface area contributed by atoms with E-state index in [0.29, 0.717) is 35.1 Å². The second-order valence-electron chi connectivity index (χ2n) is 7.09. The number of nitrogens with one attached hydrogen (secondary N) is 1. The molecule has 31 heavy (non-hydrogen) atoms. The van der Waals surface area contributed by atoms with Crippen LogP contribution in [-0.2, 0) is 6.61 Å². The Bertz CT molecular complexity index is 1270. The number of amides is 1. The highest BCUT2D eigenvalue weighted by molar-refractivity contribution is 6.04. The summed E-state index contributed by atoms with van der Waals surface area (Å²) in [7, 11) is 0. The molecule has 2 aromatic carbocycles. The Morgan fingerprint density at radius 1 is 1.10 bits per heavy atom. The van der Waals surface area contributed by atoms with Gasteiger partial charge >= 0.3 is 0 Å². The van der Waals surface area contributed by atoms with E-state index in [1.165, 1.54) is 0 Å². The predicted molar refractivity (Wildman–Crippen MR) is 112 cm³/mol. The van der Waals surface area contributed by atoms with Crippen molar-refractivity contribution in [1.82, 2.24) is 10.3 Å². The number of benzene rings is 2. The number of anilines is 1. The molecule has 0 radical (unpaired) electrons. The zero-order chi connectivity index (χ0) is 21.4. The van der Waals surface area contributed by atoms with Crippen molar-refractivity contribution in [2.75, 3.05) is 11.9 Å². The van der Waals surface area contributed by atoms with Crippen LogP contribution in [0.25, 0.3) is 22.6 Å². The van der Waals surface area contributed by atoms with Gasteiger partial charge in [-0.05, 0) is 38.1 Å². The van der Waals surface area contributed by atoms with E-state index >= 15 is 0 Å². The molecular weight excluding hydrogens is 398 g/mol. The number of para-hydroxylation sites is 1.